The van der Waals surface area contributed by atoms with Crippen molar-refractivity contribution in [1.82, 2.24) is 10.2 Å². The van der Waals surface area contributed by atoms with Crippen molar-refractivity contribution in [3.63, 3.8) is 0 Å². The number of piperidine rings is 1. The van der Waals surface area contributed by atoms with Gasteiger partial charge in [0.2, 0.25) is 11.8 Å². The van der Waals surface area contributed by atoms with E-state index in [0.717, 1.165) is 57.1 Å². The van der Waals surface area contributed by atoms with Gasteiger partial charge in [-0.2, -0.15) is 0 Å². The van der Waals surface area contributed by atoms with Crippen LogP contribution in [0.1, 0.15) is 50.5 Å². The summed E-state index contributed by atoms with van der Waals surface area (Å²) in [5.41, 5.74) is 0.562. The Morgan fingerprint density at radius 3 is 2.52 bits per heavy atom. The normalized spacial score (nSPS) is 29.7. The molecule has 1 aromatic carbocycles. The molecule has 1 heterocycles. The fraction of sp³-hybridized carbons (Fsp3) is 0.652. The van der Waals surface area contributed by atoms with Gasteiger partial charge in [0.1, 0.15) is 5.82 Å². The highest BCUT2D eigenvalue weighted by atomic mass is 19.1. The van der Waals surface area contributed by atoms with E-state index in [1.165, 1.54) is 12.1 Å². The van der Waals surface area contributed by atoms with Gasteiger partial charge in [0.25, 0.3) is 0 Å². The lowest BCUT2D eigenvalue weighted by molar-refractivity contribution is -0.137. The molecule has 2 amide bonds. The summed E-state index contributed by atoms with van der Waals surface area (Å²) in [7, 11) is 0. The first-order chi connectivity index (χ1) is 14.0. The summed E-state index contributed by atoms with van der Waals surface area (Å²) in [5.74, 6) is -0.0691. The van der Waals surface area contributed by atoms with Crippen molar-refractivity contribution in [2.24, 2.45) is 17.3 Å². The molecule has 2 saturated carbocycles. The van der Waals surface area contributed by atoms with Crippen LogP contribution < -0.4 is 5.32 Å². The fourth-order valence-corrected chi connectivity index (χ4v) is 4.99. The summed E-state index contributed by atoms with van der Waals surface area (Å²) in [6.45, 7) is 1.68. The molecule has 0 spiro atoms. The second kappa shape index (κ2) is 8.42. The van der Waals surface area contributed by atoms with Crippen molar-refractivity contribution >= 4 is 11.8 Å². The van der Waals surface area contributed by atoms with E-state index in [2.05, 4.69) is 5.32 Å². The summed E-state index contributed by atoms with van der Waals surface area (Å²) in [4.78, 5) is 27.1. The Bertz CT molecular complexity index is 749. The van der Waals surface area contributed by atoms with E-state index in [0.29, 0.717) is 19.5 Å². The second-order valence-electron chi connectivity index (χ2n) is 9.19. The SMILES string of the molecule is O=C(NC[C@]1(Cc2ccc(F)cc2)CCC[C@H]1O)[C@H]1CCCN(C(=O)C2CC2)C1. The van der Waals surface area contributed by atoms with Crippen molar-refractivity contribution < 1.29 is 19.1 Å². The summed E-state index contributed by atoms with van der Waals surface area (Å²) < 4.78 is 13.2. The van der Waals surface area contributed by atoms with Crippen molar-refractivity contribution in [3.8, 4) is 0 Å². The number of nitrogens with zero attached hydrogens (tertiary/aromatic N) is 1. The molecular weight excluding hydrogens is 371 g/mol. The van der Waals surface area contributed by atoms with E-state index in [4.69, 9.17) is 0 Å². The van der Waals surface area contributed by atoms with Crippen LogP contribution in [-0.2, 0) is 16.0 Å². The molecule has 1 aromatic rings. The van der Waals surface area contributed by atoms with Crippen LogP contribution in [0.15, 0.2) is 24.3 Å². The average Bonchev–Trinajstić information content (AvgIpc) is 3.52. The minimum atomic E-state index is -0.479. The predicted octanol–water partition coefficient (Wildman–Crippen LogP) is 2.66. The van der Waals surface area contributed by atoms with Gasteiger partial charge in [-0.05, 0) is 62.6 Å². The molecule has 1 aliphatic heterocycles. The van der Waals surface area contributed by atoms with Crippen molar-refractivity contribution in [2.45, 2.75) is 57.5 Å². The lowest BCUT2D eigenvalue weighted by Gasteiger charge is -2.35. The average molecular weight is 403 g/mol. The molecule has 2 aliphatic carbocycles. The minimum absolute atomic E-state index is 0.0177. The predicted molar refractivity (Wildman–Crippen MR) is 107 cm³/mol. The maximum Gasteiger partial charge on any atom is 0.225 e. The third-order valence-corrected chi connectivity index (χ3v) is 6.97. The van der Waals surface area contributed by atoms with E-state index in [1.807, 2.05) is 4.90 Å². The Labute approximate surface area is 171 Å². The van der Waals surface area contributed by atoms with E-state index in [-0.39, 0.29) is 29.5 Å². The molecule has 3 aliphatic rings. The quantitative estimate of drug-likeness (QED) is 0.769. The van der Waals surface area contributed by atoms with Gasteiger partial charge in [-0.15, -0.1) is 0 Å². The number of carbonyl (C=O) groups is 2. The standard InChI is InChI=1S/C23H31FN2O3/c24-19-9-5-16(6-10-19)13-23(11-1-4-20(23)27)15-25-21(28)18-3-2-12-26(14-18)22(29)17-7-8-17/h5-6,9-10,17-18,20,27H,1-4,7-8,11-15H2,(H,25,28)/t18-,20+,23+/m0/s1. The molecular formula is C23H31FN2O3. The van der Waals surface area contributed by atoms with E-state index >= 15 is 0 Å². The van der Waals surface area contributed by atoms with Crippen LogP contribution in [0.2, 0.25) is 0 Å². The zero-order chi connectivity index (χ0) is 20.4. The number of likely N-dealkylation sites (tertiary alicyclic amines) is 1. The first-order valence-electron chi connectivity index (χ1n) is 11.0. The number of aliphatic hydroxyl groups is 1. The van der Waals surface area contributed by atoms with Crippen LogP contribution in [0.25, 0.3) is 0 Å². The van der Waals surface area contributed by atoms with Crippen LogP contribution in [0.5, 0.6) is 0 Å². The Morgan fingerprint density at radius 2 is 1.86 bits per heavy atom. The first-order valence-corrected chi connectivity index (χ1v) is 11.0. The molecule has 29 heavy (non-hydrogen) atoms. The first kappa shape index (κ1) is 20.3. The van der Waals surface area contributed by atoms with E-state index < -0.39 is 11.5 Å². The number of halogens is 1. The number of hydrogen-bond acceptors (Lipinski definition) is 3. The summed E-state index contributed by atoms with van der Waals surface area (Å²) in [5, 5.41) is 13.8. The minimum Gasteiger partial charge on any atom is -0.392 e. The molecule has 0 aromatic heterocycles. The lowest BCUT2D eigenvalue weighted by Crippen LogP contribution is -2.49. The highest BCUT2D eigenvalue weighted by Crippen LogP contribution is 2.41. The Kier molecular flexibility index (Phi) is 5.91. The van der Waals surface area contributed by atoms with Gasteiger partial charge in [0, 0.05) is 31.0 Å². The molecule has 6 heteroatoms. The number of aliphatic hydroxyl groups excluding tert-OH is 1. The third kappa shape index (κ3) is 4.63. The third-order valence-electron chi connectivity index (χ3n) is 6.97. The Hall–Kier alpha value is -1.95. The summed E-state index contributed by atoms with van der Waals surface area (Å²) in [6, 6.07) is 6.39. The molecule has 0 bridgehead atoms. The molecule has 2 N–H and O–H groups in total. The van der Waals surface area contributed by atoms with E-state index in [1.54, 1.807) is 12.1 Å². The zero-order valence-electron chi connectivity index (χ0n) is 16.9. The van der Waals surface area contributed by atoms with Gasteiger partial charge >= 0.3 is 0 Å². The van der Waals surface area contributed by atoms with Crippen LogP contribution in [0, 0.1) is 23.1 Å². The number of carbonyl (C=O) groups excluding carboxylic acids is 2. The largest absolute Gasteiger partial charge is 0.392 e. The molecule has 3 atom stereocenters. The summed E-state index contributed by atoms with van der Waals surface area (Å²) >= 11 is 0. The molecule has 4 rings (SSSR count). The highest BCUT2D eigenvalue weighted by molar-refractivity contribution is 5.83. The molecule has 158 valence electrons. The van der Waals surface area contributed by atoms with Crippen LogP contribution in [0.4, 0.5) is 4.39 Å². The molecule has 5 nitrogen and oxygen atoms in total. The second-order valence-corrected chi connectivity index (χ2v) is 9.19. The monoisotopic (exact) mass is 402 g/mol. The van der Waals surface area contributed by atoms with Crippen LogP contribution >= 0.6 is 0 Å². The maximum atomic E-state index is 13.2. The summed E-state index contributed by atoms with van der Waals surface area (Å²) in [6.07, 6.45) is 6.25. The van der Waals surface area contributed by atoms with Gasteiger partial charge in [0.05, 0.1) is 12.0 Å². The Balaban J connectivity index is 1.37. The fourth-order valence-electron chi connectivity index (χ4n) is 4.99. The number of nitrogens with one attached hydrogen (secondary N) is 1. The smallest absolute Gasteiger partial charge is 0.225 e. The zero-order valence-corrected chi connectivity index (χ0v) is 16.9. The topological polar surface area (TPSA) is 69.6 Å². The number of amides is 2. The number of benzene rings is 1. The number of rotatable bonds is 6. The van der Waals surface area contributed by atoms with Crippen molar-refractivity contribution in [2.75, 3.05) is 19.6 Å². The number of hydrogen-bond donors (Lipinski definition) is 2. The van der Waals surface area contributed by atoms with Gasteiger partial charge in [-0.25, -0.2) is 4.39 Å². The van der Waals surface area contributed by atoms with Gasteiger partial charge in [0.15, 0.2) is 0 Å². The van der Waals surface area contributed by atoms with Crippen LogP contribution in [-0.4, -0.2) is 47.6 Å². The van der Waals surface area contributed by atoms with Crippen LogP contribution in [0.3, 0.4) is 0 Å². The Morgan fingerprint density at radius 1 is 1.10 bits per heavy atom. The van der Waals surface area contributed by atoms with Gasteiger partial charge in [-0.3, -0.25) is 9.59 Å². The van der Waals surface area contributed by atoms with Crippen molar-refractivity contribution in [3.05, 3.63) is 35.6 Å². The molecule has 3 fully saturated rings. The maximum absolute atomic E-state index is 13.2. The van der Waals surface area contributed by atoms with E-state index in [9.17, 15) is 19.1 Å². The molecule has 1 saturated heterocycles. The highest BCUT2D eigenvalue weighted by Gasteiger charge is 2.43. The van der Waals surface area contributed by atoms with Gasteiger partial charge < -0.3 is 15.3 Å². The molecule has 0 unspecified atom stereocenters. The lowest BCUT2D eigenvalue weighted by atomic mass is 9.78. The van der Waals surface area contributed by atoms with Gasteiger partial charge in [-0.1, -0.05) is 18.6 Å². The molecule has 0 radical (unpaired) electrons. The van der Waals surface area contributed by atoms with Crippen molar-refractivity contribution in [1.29, 1.82) is 0 Å².